The molecule has 0 saturated carbocycles. The second-order valence-corrected chi connectivity index (χ2v) is 7.07. The van der Waals surface area contributed by atoms with Gasteiger partial charge < -0.3 is 19.2 Å². The number of piperidine rings is 1. The summed E-state index contributed by atoms with van der Waals surface area (Å²) in [5, 5.41) is 7.12. The van der Waals surface area contributed by atoms with Crippen molar-refractivity contribution in [1.29, 1.82) is 0 Å². The molecule has 29 heavy (non-hydrogen) atoms. The van der Waals surface area contributed by atoms with Crippen molar-refractivity contribution in [1.82, 2.24) is 9.80 Å². The number of morpholine rings is 1. The molecule has 1 atom stereocenters. The quantitative estimate of drug-likeness (QED) is 0.757. The Morgan fingerprint density at radius 3 is 2.52 bits per heavy atom. The van der Waals surface area contributed by atoms with Crippen LogP contribution in [0.2, 0.25) is 0 Å². The van der Waals surface area contributed by atoms with Gasteiger partial charge in [-0.25, -0.2) is 4.79 Å². The summed E-state index contributed by atoms with van der Waals surface area (Å²) in [5.41, 5.74) is 1.00. The summed E-state index contributed by atoms with van der Waals surface area (Å²) in [4.78, 5) is 25.2. The molecule has 0 radical (unpaired) electrons. The van der Waals surface area contributed by atoms with Crippen LogP contribution in [0.4, 0.5) is 13.2 Å². The van der Waals surface area contributed by atoms with Crippen LogP contribution in [0.25, 0.3) is 0 Å². The van der Waals surface area contributed by atoms with Crippen molar-refractivity contribution < 1.29 is 37.0 Å². The van der Waals surface area contributed by atoms with Crippen molar-refractivity contribution >= 4 is 11.9 Å². The maximum Gasteiger partial charge on any atom is 0.490 e. The molecule has 2 aliphatic rings. The van der Waals surface area contributed by atoms with E-state index in [9.17, 15) is 18.0 Å². The highest BCUT2D eigenvalue weighted by atomic mass is 19.4. The number of carboxylic acid groups (broad SMARTS) is 1. The Labute approximate surface area is 166 Å². The Bertz CT molecular complexity index is 697. The summed E-state index contributed by atoms with van der Waals surface area (Å²) in [7, 11) is 0. The normalized spacial score (nSPS) is 22.1. The molecule has 7 nitrogen and oxygen atoms in total. The summed E-state index contributed by atoms with van der Waals surface area (Å²) in [6.45, 7) is 9.53. The van der Waals surface area contributed by atoms with Gasteiger partial charge in [-0.05, 0) is 25.8 Å². The molecule has 0 bridgehead atoms. The van der Waals surface area contributed by atoms with Crippen molar-refractivity contribution in [2.75, 3.05) is 26.2 Å². The number of carboxylic acids is 1. The van der Waals surface area contributed by atoms with Crippen LogP contribution in [0.3, 0.4) is 0 Å². The summed E-state index contributed by atoms with van der Waals surface area (Å²) >= 11 is 0. The lowest BCUT2D eigenvalue weighted by molar-refractivity contribution is -0.192. The maximum atomic E-state index is 12.0. The minimum absolute atomic E-state index is 0.0684. The van der Waals surface area contributed by atoms with Crippen molar-refractivity contribution in [3.05, 3.63) is 36.8 Å². The van der Waals surface area contributed by atoms with Crippen LogP contribution in [-0.2, 0) is 20.9 Å². The smallest absolute Gasteiger partial charge is 0.475 e. The first-order valence-electron chi connectivity index (χ1n) is 9.17. The molecule has 2 fully saturated rings. The lowest BCUT2D eigenvalue weighted by Gasteiger charge is -2.51. The lowest BCUT2D eigenvalue weighted by Crippen LogP contribution is -2.63. The average Bonchev–Trinajstić information content (AvgIpc) is 3.17. The number of alkyl halides is 3. The Hall–Kier alpha value is -2.33. The number of rotatable bonds is 4. The first-order valence-corrected chi connectivity index (χ1v) is 9.17. The molecule has 10 heteroatoms. The molecule has 162 valence electrons. The molecule has 1 aromatic rings. The van der Waals surface area contributed by atoms with Gasteiger partial charge in [0.05, 0.1) is 24.2 Å². The monoisotopic (exact) mass is 418 g/mol. The van der Waals surface area contributed by atoms with Crippen LogP contribution in [-0.4, -0.2) is 70.8 Å². The average molecular weight is 418 g/mol. The highest BCUT2D eigenvalue weighted by Crippen LogP contribution is 2.36. The van der Waals surface area contributed by atoms with E-state index < -0.39 is 12.1 Å². The third kappa shape index (κ3) is 5.83. The highest BCUT2D eigenvalue weighted by Gasteiger charge is 2.47. The molecule has 1 unspecified atom stereocenters. The first-order chi connectivity index (χ1) is 13.6. The summed E-state index contributed by atoms with van der Waals surface area (Å²) in [6.07, 6.45) is 2.13. The zero-order chi connectivity index (χ0) is 21.7. The molecule has 2 saturated heterocycles. The number of halogens is 3. The first kappa shape index (κ1) is 23.0. The molecule has 0 aromatic carbocycles. The number of aliphatic carboxylic acids is 1. The van der Waals surface area contributed by atoms with E-state index in [1.54, 1.807) is 18.6 Å². The second kappa shape index (κ2) is 9.45. The fraction of sp³-hybridized carbons (Fsp3) is 0.579. The summed E-state index contributed by atoms with van der Waals surface area (Å²) in [5.74, 6) is -2.69. The molecule has 3 rings (SSSR count). The van der Waals surface area contributed by atoms with Crippen molar-refractivity contribution in [2.45, 2.75) is 44.1 Å². The van der Waals surface area contributed by atoms with Crippen LogP contribution in [0.15, 0.2) is 35.7 Å². The largest absolute Gasteiger partial charge is 0.490 e. The molecule has 2 aliphatic heterocycles. The minimum atomic E-state index is -5.08. The number of amides is 1. The van der Waals surface area contributed by atoms with E-state index in [4.69, 9.17) is 19.1 Å². The lowest BCUT2D eigenvalue weighted by atomic mass is 9.82. The topological polar surface area (TPSA) is 83.2 Å². The zero-order valence-corrected chi connectivity index (χ0v) is 16.2. The van der Waals surface area contributed by atoms with E-state index in [-0.39, 0.29) is 24.2 Å². The van der Waals surface area contributed by atoms with E-state index in [2.05, 4.69) is 18.4 Å². The number of nitrogens with zero attached hydrogens (tertiary/aromatic N) is 2. The van der Waals surface area contributed by atoms with Crippen LogP contribution in [0, 0.1) is 0 Å². The van der Waals surface area contributed by atoms with E-state index in [1.165, 1.54) is 5.56 Å². The molecule has 0 aliphatic carbocycles. The summed E-state index contributed by atoms with van der Waals surface area (Å²) < 4.78 is 42.9. The van der Waals surface area contributed by atoms with Gasteiger partial charge in [-0.3, -0.25) is 9.69 Å². The molecule has 1 amide bonds. The highest BCUT2D eigenvalue weighted by molar-refractivity contribution is 5.79. The Morgan fingerprint density at radius 1 is 1.41 bits per heavy atom. The van der Waals surface area contributed by atoms with E-state index >= 15 is 0 Å². The third-order valence-electron chi connectivity index (χ3n) is 5.29. The summed E-state index contributed by atoms with van der Waals surface area (Å²) in [6, 6.07) is 2.11. The second-order valence-electron chi connectivity index (χ2n) is 7.07. The van der Waals surface area contributed by atoms with Gasteiger partial charge in [-0.2, -0.15) is 13.2 Å². The fourth-order valence-electron chi connectivity index (χ4n) is 3.60. The molecule has 1 spiro atoms. The van der Waals surface area contributed by atoms with Gasteiger partial charge in [-0.1, -0.05) is 6.08 Å². The zero-order valence-electron chi connectivity index (χ0n) is 16.2. The van der Waals surface area contributed by atoms with Crippen molar-refractivity contribution in [3.8, 4) is 0 Å². The Kier molecular flexibility index (Phi) is 7.48. The number of carbonyl (C=O) groups excluding carboxylic acids is 1. The number of hydrogen-bond acceptors (Lipinski definition) is 5. The minimum Gasteiger partial charge on any atom is -0.475 e. The number of ether oxygens (including phenoxy) is 1. The van der Waals surface area contributed by atoms with Crippen LogP contribution < -0.4 is 0 Å². The van der Waals surface area contributed by atoms with Crippen molar-refractivity contribution in [3.63, 3.8) is 0 Å². The maximum absolute atomic E-state index is 12.0. The molecular weight excluding hydrogens is 393 g/mol. The van der Waals surface area contributed by atoms with Gasteiger partial charge in [0.2, 0.25) is 5.91 Å². The standard InChI is InChI=1S/C17H24N2O3.C2HF3O2/c1-3-7-19-14(2)17(22-13-16(19)20)5-8-18(9-6-17)11-15-4-10-21-12-15;3-2(4,5)1(6)7/h3-4,10,12,14H,1,5-9,11,13H2,2H3;(H,6,7). The van der Waals surface area contributed by atoms with E-state index in [0.29, 0.717) is 6.54 Å². The van der Waals surface area contributed by atoms with Crippen LogP contribution in [0.5, 0.6) is 0 Å². The SMILES string of the molecule is C=CCN1C(=O)COC2(CCN(Cc3ccoc3)CC2)C1C.O=C(O)C(F)(F)F. The van der Waals surface area contributed by atoms with Crippen LogP contribution in [0.1, 0.15) is 25.3 Å². The van der Waals surface area contributed by atoms with Crippen molar-refractivity contribution in [2.24, 2.45) is 0 Å². The Morgan fingerprint density at radius 2 is 2.03 bits per heavy atom. The molecule has 1 aromatic heterocycles. The van der Waals surface area contributed by atoms with Gasteiger partial charge in [0.1, 0.15) is 6.61 Å². The van der Waals surface area contributed by atoms with Gasteiger partial charge in [0, 0.05) is 31.7 Å². The third-order valence-corrected chi connectivity index (χ3v) is 5.29. The van der Waals surface area contributed by atoms with E-state index in [1.807, 2.05) is 11.0 Å². The fourth-order valence-corrected chi connectivity index (χ4v) is 3.60. The van der Waals surface area contributed by atoms with Gasteiger partial charge >= 0.3 is 12.1 Å². The number of carbonyl (C=O) groups is 2. The molecular formula is C19H25F3N2O5. The number of likely N-dealkylation sites (tertiary alicyclic amines) is 1. The van der Waals surface area contributed by atoms with Crippen LogP contribution >= 0.6 is 0 Å². The molecule has 3 heterocycles. The number of hydrogen-bond donors (Lipinski definition) is 1. The van der Waals surface area contributed by atoms with Gasteiger partial charge in [0.15, 0.2) is 0 Å². The van der Waals surface area contributed by atoms with Gasteiger partial charge in [0.25, 0.3) is 0 Å². The molecule has 1 N–H and O–H groups in total. The Balaban J connectivity index is 0.000000370. The van der Waals surface area contributed by atoms with Gasteiger partial charge in [-0.15, -0.1) is 6.58 Å². The number of furan rings is 1. The predicted molar refractivity (Wildman–Crippen MR) is 97.0 cm³/mol. The predicted octanol–water partition coefficient (Wildman–Crippen LogP) is 2.68. The van der Waals surface area contributed by atoms with E-state index in [0.717, 1.165) is 32.5 Å².